The van der Waals surface area contributed by atoms with Crippen molar-refractivity contribution in [3.05, 3.63) is 34.9 Å². The van der Waals surface area contributed by atoms with E-state index in [2.05, 4.69) is 58.1 Å². The van der Waals surface area contributed by atoms with Crippen LogP contribution in [0.5, 0.6) is 0 Å². The van der Waals surface area contributed by atoms with Gasteiger partial charge in [0.1, 0.15) is 0 Å². The molecule has 1 nitrogen and oxygen atoms in total. The van der Waals surface area contributed by atoms with Gasteiger partial charge in [-0.3, -0.25) is 0 Å². The van der Waals surface area contributed by atoms with E-state index in [1.54, 1.807) is 0 Å². The summed E-state index contributed by atoms with van der Waals surface area (Å²) in [5.74, 6) is 0. The molecule has 0 heterocycles. The molecule has 1 heteroatoms. The summed E-state index contributed by atoms with van der Waals surface area (Å²) in [6.07, 6.45) is 3.64. The molecule has 1 aromatic rings. The number of nitrogens with one attached hydrogen (secondary N) is 1. The van der Waals surface area contributed by atoms with Crippen molar-refractivity contribution >= 4 is 0 Å². The van der Waals surface area contributed by atoms with Gasteiger partial charge in [-0.15, -0.1) is 0 Å². The number of benzene rings is 1. The van der Waals surface area contributed by atoms with E-state index in [0.29, 0.717) is 5.41 Å². The van der Waals surface area contributed by atoms with Gasteiger partial charge in [-0.1, -0.05) is 39.0 Å². The number of rotatable bonds is 7. The molecule has 0 amide bonds. The first-order valence-corrected chi connectivity index (χ1v) is 7.21. The van der Waals surface area contributed by atoms with Crippen LogP contribution in [0, 0.1) is 19.3 Å². The molecular weight excluding hydrogens is 218 g/mol. The lowest BCUT2D eigenvalue weighted by Gasteiger charge is -2.25. The van der Waals surface area contributed by atoms with Gasteiger partial charge in [-0.2, -0.15) is 0 Å². The third-order valence-corrected chi connectivity index (χ3v) is 3.69. The van der Waals surface area contributed by atoms with E-state index < -0.39 is 0 Å². The van der Waals surface area contributed by atoms with Gasteiger partial charge in [0, 0.05) is 6.54 Å². The van der Waals surface area contributed by atoms with Crippen LogP contribution in [-0.2, 0) is 6.42 Å². The van der Waals surface area contributed by atoms with Gasteiger partial charge < -0.3 is 5.32 Å². The summed E-state index contributed by atoms with van der Waals surface area (Å²) in [6.45, 7) is 13.6. The maximum atomic E-state index is 3.53. The molecule has 0 bridgehead atoms. The van der Waals surface area contributed by atoms with Crippen molar-refractivity contribution in [2.75, 3.05) is 13.1 Å². The zero-order chi connectivity index (χ0) is 13.6. The summed E-state index contributed by atoms with van der Waals surface area (Å²) in [4.78, 5) is 0. The van der Waals surface area contributed by atoms with Crippen LogP contribution in [-0.4, -0.2) is 13.1 Å². The third-order valence-electron chi connectivity index (χ3n) is 3.69. The van der Waals surface area contributed by atoms with Gasteiger partial charge in [0.25, 0.3) is 0 Å². The fraction of sp³-hybridized carbons (Fsp3) is 0.647. The number of aryl methyl sites for hydroxylation is 3. The maximum Gasteiger partial charge on any atom is 0.000263 e. The Morgan fingerprint density at radius 1 is 1.11 bits per heavy atom. The Bertz CT molecular complexity index is 366. The van der Waals surface area contributed by atoms with E-state index in [1.807, 2.05) is 0 Å². The van der Waals surface area contributed by atoms with Crippen molar-refractivity contribution in [1.82, 2.24) is 5.32 Å². The van der Waals surface area contributed by atoms with Gasteiger partial charge in [-0.05, 0) is 61.8 Å². The molecule has 102 valence electrons. The van der Waals surface area contributed by atoms with Gasteiger partial charge in [-0.25, -0.2) is 0 Å². The summed E-state index contributed by atoms with van der Waals surface area (Å²) in [6, 6.07) is 6.86. The van der Waals surface area contributed by atoms with Crippen molar-refractivity contribution in [2.24, 2.45) is 5.41 Å². The second-order valence-corrected chi connectivity index (χ2v) is 6.26. The van der Waals surface area contributed by atoms with E-state index in [0.717, 1.165) is 13.1 Å². The van der Waals surface area contributed by atoms with Gasteiger partial charge in [0.15, 0.2) is 0 Å². The second kappa shape index (κ2) is 6.94. The lowest BCUT2D eigenvalue weighted by atomic mass is 9.86. The molecule has 0 spiro atoms. The van der Waals surface area contributed by atoms with Crippen molar-refractivity contribution in [3.63, 3.8) is 0 Å². The summed E-state index contributed by atoms with van der Waals surface area (Å²) in [7, 11) is 0. The van der Waals surface area contributed by atoms with Crippen molar-refractivity contribution in [1.29, 1.82) is 0 Å². The van der Waals surface area contributed by atoms with E-state index >= 15 is 0 Å². The van der Waals surface area contributed by atoms with Gasteiger partial charge in [0.2, 0.25) is 0 Å². The highest BCUT2D eigenvalue weighted by atomic mass is 14.9. The molecule has 1 N–H and O–H groups in total. The molecule has 0 fully saturated rings. The van der Waals surface area contributed by atoms with Crippen LogP contribution in [0.25, 0.3) is 0 Å². The summed E-state index contributed by atoms with van der Waals surface area (Å²) >= 11 is 0. The molecule has 0 aliphatic rings. The quantitative estimate of drug-likeness (QED) is 0.710. The van der Waals surface area contributed by atoms with E-state index in [9.17, 15) is 0 Å². The minimum atomic E-state index is 0.383. The molecule has 18 heavy (non-hydrogen) atoms. The van der Waals surface area contributed by atoms with E-state index in [-0.39, 0.29) is 0 Å². The summed E-state index contributed by atoms with van der Waals surface area (Å²) < 4.78 is 0. The van der Waals surface area contributed by atoms with Crippen molar-refractivity contribution in [2.45, 2.75) is 53.9 Å². The maximum absolute atomic E-state index is 3.53. The third kappa shape index (κ3) is 5.22. The highest BCUT2D eigenvalue weighted by Gasteiger charge is 2.16. The van der Waals surface area contributed by atoms with Gasteiger partial charge in [0.05, 0.1) is 0 Å². The normalized spacial score (nSPS) is 11.8. The molecular formula is C17H29N. The van der Waals surface area contributed by atoms with Gasteiger partial charge >= 0.3 is 0 Å². The SMILES string of the molecule is CCCNCC(C)(C)CCc1ccc(C)c(C)c1. The molecule has 0 radical (unpaired) electrons. The fourth-order valence-corrected chi connectivity index (χ4v) is 2.13. The Hall–Kier alpha value is -0.820. The van der Waals surface area contributed by atoms with E-state index in [1.165, 1.54) is 36.0 Å². The number of hydrogen-bond acceptors (Lipinski definition) is 1. The minimum Gasteiger partial charge on any atom is -0.316 e. The Balaban J connectivity index is 2.45. The van der Waals surface area contributed by atoms with Crippen LogP contribution >= 0.6 is 0 Å². The Morgan fingerprint density at radius 3 is 2.44 bits per heavy atom. The molecule has 1 rings (SSSR count). The zero-order valence-corrected chi connectivity index (χ0v) is 12.8. The average molecular weight is 247 g/mol. The summed E-state index contributed by atoms with van der Waals surface area (Å²) in [5, 5.41) is 3.53. The van der Waals surface area contributed by atoms with Crippen LogP contribution in [0.2, 0.25) is 0 Å². The summed E-state index contributed by atoms with van der Waals surface area (Å²) in [5.41, 5.74) is 4.66. The number of hydrogen-bond donors (Lipinski definition) is 1. The molecule has 0 aromatic heterocycles. The molecule has 0 unspecified atom stereocenters. The lowest BCUT2D eigenvalue weighted by molar-refractivity contribution is 0.315. The monoisotopic (exact) mass is 247 g/mol. The fourth-order valence-electron chi connectivity index (χ4n) is 2.13. The van der Waals surface area contributed by atoms with Crippen LogP contribution in [0.1, 0.15) is 50.3 Å². The van der Waals surface area contributed by atoms with Crippen LogP contribution in [0.3, 0.4) is 0 Å². The molecule has 0 aliphatic carbocycles. The second-order valence-electron chi connectivity index (χ2n) is 6.26. The predicted octanol–water partition coefficient (Wildman–Crippen LogP) is 4.26. The highest BCUT2D eigenvalue weighted by Crippen LogP contribution is 2.22. The largest absolute Gasteiger partial charge is 0.316 e. The molecule has 0 saturated heterocycles. The standard InChI is InChI=1S/C17H29N/c1-6-11-18-13-17(4,5)10-9-16-8-7-14(2)15(3)12-16/h7-8,12,18H,6,9-11,13H2,1-5H3. The predicted molar refractivity (Wildman–Crippen MR) is 81.2 cm³/mol. The zero-order valence-electron chi connectivity index (χ0n) is 12.8. The average Bonchev–Trinajstić information content (AvgIpc) is 2.31. The van der Waals surface area contributed by atoms with Crippen LogP contribution in [0.15, 0.2) is 18.2 Å². The first-order chi connectivity index (χ1) is 8.44. The van der Waals surface area contributed by atoms with Crippen molar-refractivity contribution in [3.8, 4) is 0 Å². The molecule has 0 saturated carbocycles. The highest BCUT2D eigenvalue weighted by molar-refractivity contribution is 5.30. The first-order valence-electron chi connectivity index (χ1n) is 7.21. The Morgan fingerprint density at radius 2 is 1.83 bits per heavy atom. The van der Waals surface area contributed by atoms with Crippen molar-refractivity contribution < 1.29 is 0 Å². The smallest absolute Gasteiger partial charge is 0.000263 e. The Labute approximate surface area is 113 Å². The lowest BCUT2D eigenvalue weighted by Crippen LogP contribution is -2.30. The molecule has 0 aliphatic heterocycles. The van der Waals surface area contributed by atoms with Crippen LogP contribution in [0.4, 0.5) is 0 Å². The molecule has 1 aromatic carbocycles. The Kier molecular flexibility index (Phi) is 5.87. The minimum absolute atomic E-state index is 0.383. The topological polar surface area (TPSA) is 12.0 Å². The first kappa shape index (κ1) is 15.2. The molecule has 0 atom stereocenters. The van der Waals surface area contributed by atoms with Crippen LogP contribution < -0.4 is 5.32 Å². The van der Waals surface area contributed by atoms with E-state index in [4.69, 9.17) is 0 Å².